The molecule has 4 aromatic rings. The topological polar surface area (TPSA) is 134 Å². The fourth-order valence-corrected chi connectivity index (χ4v) is 5.89. The first kappa shape index (κ1) is 41.4. The van der Waals surface area contributed by atoms with E-state index in [-0.39, 0.29) is 12.1 Å². The maximum absolute atomic E-state index is 12.3. The standard InChI is InChI=1S/C22H30ClN3O3.C17H22ClN3O/c1-15(2)12-22(6,26-20(27)29-21(3,4)5)14-28-19-13-25-18(11-17(19)23)16-7-9-24-10-8-16;1-12(2)9-17(3,19)11-22-16-10-21-15(8-14(16)18)13-4-6-20-7-5-13/h7-11,13,15H,12,14H2,1-6H3,(H,26,27);4-8,10,12H,9,11,19H2,1-3H3/t22-;17-/m00/s1. The Morgan fingerprint density at radius 3 is 1.57 bits per heavy atom. The van der Waals surface area contributed by atoms with Crippen LogP contribution in [0.15, 0.2) is 73.6 Å². The zero-order valence-electron chi connectivity index (χ0n) is 31.2. The second-order valence-electron chi connectivity index (χ2n) is 15.1. The first-order valence-corrected chi connectivity index (χ1v) is 17.8. The lowest BCUT2D eigenvalue weighted by atomic mass is 9.91. The number of rotatable bonds is 13. The Morgan fingerprint density at radius 2 is 1.18 bits per heavy atom. The quantitative estimate of drug-likeness (QED) is 0.138. The highest BCUT2D eigenvalue weighted by molar-refractivity contribution is 6.32. The Hall–Kier alpha value is -3.99. The normalized spacial score (nSPS) is 13.8. The van der Waals surface area contributed by atoms with Gasteiger partial charge in [-0.3, -0.25) is 19.9 Å². The van der Waals surface area contributed by atoms with Crippen molar-refractivity contribution in [2.45, 2.75) is 91.8 Å². The number of amides is 1. The summed E-state index contributed by atoms with van der Waals surface area (Å²) >= 11 is 12.7. The van der Waals surface area contributed by atoms with Gasteiger partial charge < -0.3 is 25.3 Å². The minimum atomic E-state index is -0.621. The molecular formula is C39H52Cl2N6O4. The summed E-state index contributed by atoms with van der Waals surface area (Å²) in [6.45, 7) is 18.5. The van der Waals surface area contributed by atoms with Gasteiger partial charge in [-0.05, 0) is 95.7 Å². The minimum absolute atomic E-state index is 0.237. The highest BCUT2D eigenvalue weighted by atomic mass is 35.5. The lowest BCUT2D eigenvalue weighted by molar-refractivity contribution is 0.0408. The minimum Gasteiger partial charge on any atom is -0.488 e. The van der Waals surface area contributed by atoms with Crippen molar-refractivity contribution in [2.24, 2.45) is 17.6 Å². The van der Waals surface area contributed by atoms with Crippen LogP contribution in [-0.4, -0.2) is 55.9 Å². The van der Waals surface area contributed by atoms with Crippen molar-refractivity contribution in [2.75, 3.05) is 13.2 Å². The van der Waals surface area contributed by atoms with E-state index in [1.165, 1.54) is 0 Å². The first-order valence-electron chi connectivity index (χ1n) is 17.0. The predicted octanol–water partition coefficient (Wildman–Crippen LogP) is 9.44. The van der Waals surface area contributed by atoms with Crippen LogP contribution < -0.4 is 20.5 Å². The number of aromatic nitrogens is 4. The van der Waals surface area contributed by atoms with Crippen LogP contribution in [-0.2, 0) is 4.74 Å². The molecule has 276 valence electrons. The van der Waals surface area contributed by atoms with E-state index in [0.29, 0.717) is 46.4 Å². The molecule has 0 saturated carbocycles. The number of hydrogen-bond donors (Lipinski definition) is 2. The number of halogens is 2. The number of nitrogens with one attached hydrogen (secondary N) is 1. The number of nitrogens with zero attached hydrogens (tertiary/aromatic N) is 4. The van der Waals surface area contributed by atoms with E-state index in [1.807, 2.05) is 58.9 Å². The molecule has 0 bridgehead atoms. The first-order chi connectivity index (χ1) is 23.8. The Bertz CT molecular complexity index is 1680. The van der Waals surface area contributed by atoms with Crippen LogP contribution in [0.4, 0.5) is 4.79 Å². The molecule has 0 saturated heterocycles. The maximum atomic E-state index is 12.3. The number of carbonyl (C=O) groups is 1. The molecule has 4 aromatic heterocycles. The zero-order chi connectivity index (χ0) is 37.8. The molecule has 0 spiro atoms. The van der Waals surface area contributed by atoms with Gasteiger partial charge in [-0.25, -0.2) is 4.79 Å². The average Bonchev–Trinajstić information content (AvgIpc) is 3.03. The van der Waals surface area contributed by atoms with Gasteiger partial charge in [0.2, 0.25) is 0 Å². The van der Waals surface area contributed by atoms with E-state index in [0.717, 1.165) is 28.9 Å². The van der Waals surface area contributed by atoms with Gasteiger partial charge in [-0.15, -0.1) is 0 Å². The molecule has 0 aliphatic heterocycles. The second-order valence-corrected chi connectivity index (χ2v) is 15.9. The molecule has 2 atom stereocenters. The maximum Gasteiger partial charge on any atom is 0.408 e. The summed E-state index contributed by atoms with van der Waals surface area (Å²) in [4.78, 5) is 29.1. The molecule has 4 heterocycles. The molecule has 1 amide bonds. The fraction of sp³-hybridized carbons (Fsp3) is 0.462. The van der Waals surface area contributed by atoms with Crippen LogP contribution in [0.2, 0.25) is 10.0 Å². The summed E-state index contributed by atoms with van der Waals surface area (Å²) in [5, 5.41) is 3.94. The molecule has 12 heteroatoms. The molecule has 4 rings (SSSR count). The molecule has 0 aliphatic rings. The summed E-state index contributed by atoms with van der Waals surface area (Å²) in [6.07, 6.45) is 11.2. The molecule has 10 nitrogen and oxygen atoms in total. The van der Waals surface area contributed by atoms with Crippen molar-refractivity contribution in [3.63, 3.8) is 0 Å². The van der Waals surface area contributed by atoms with Gasteiger partial charge in [0.05, 0.1) is 39.4 Å². The fourth-order valence-electron chi connectivity index (χ4n) is 5.48. The van der Waals surface area contributed by atoms with Gasteiger partial charge in [0, 0.05) is 41.5 Å². The van der Waals surface area contributed by atoms with Crippen molar-refractivity contribution in [1.82, 2.24) is 25.3 Å². The summed E-state index contributed by atoms with van der Waals surface area (Å²) in [6, 6.07) is 11.1. The summed E-state index contributed by atoms with van der Waals surface area (Å²) in [7, 11) is 0. The van der Waals surface area contributed by atoms with E-state index in [9.17, 15) is 4.79 Å². The van der Waals surface area contributed by atoms with Gasteiger partial charge in [0.15, 0.2) is 11.5 Å². The largest absolute Gasteiger partial charge is 0.488 e. The second kappa shape index (κ2) is 18.5. The lowest BCUT2D eigenvalue weighted by Gasteiger charge is -2.33. The van der Waals surface area contributed by atoms with Gasteiger partial charge >= 0.3 is 6.09 Å². The predicted molar refractivity (Wildman–Crippen MR) is 205 cm³/mol. The summed E-state index contributed by atoms with van der Waals surface area (Å²) < 4.78 is 17.1. The third-order valence-electron chi connectivity index (χ3n) is 7.23. The van der Waals surface area contributed by atoms with Crippen LogP contribution in [0.1, 0.15) is 75.2 Å². The molecule has 51 heavy (non-hydrogen) atoms. The van der Waals surface area contributed by atoms with E-state index in [2.05, 4.69) is 52.9 Å². The van der Waals surface area contributed by atoms with Crippen molar-refractivity contribution < 1.29 is 19.0 Å². The van der Waals surface area contributed by atoms with E-state index < -0.39 is 17.2 Å². The molecule has 0 fully saturated rings. The third-order valence-corrected chi connectivity index (χ3v) is 7.82. The van der Waals surface area contributed by atoms with Gasteiger partial charge in [0.1, 0.15) is 18.8 Å². The van der Waals surface area contributed by atoms with Crippen molar-refractivity contribution >= 4 is 29.3 Å². The highest BCUT2D eigenvalue weighted by Crippen LogP contribution is 2.31. The molecule has 3 N–H and O–H groups in total. The average molecular weight is 740 g/mol. The summed E-state index contributed by atoms with van der Waals surface area (Å²) in [5.41, 5.74) is 8.07. The van der Waals surface area contributed by atoms with Crippen molar-refractivity contribution in [3.05, 3.63) is 83.6 Å². The molecule has 0 radical (unpaired) electrons. The molecule has 0 aliphatic carbocycles. The Labute approximate surface area is 312 Å². The SMILES string of the molecule is CC(C)C[C@@](C)(COc1cnc(-c2ccncc2)cc1Cl)NC(=O)OC(C)(C)C.CC(C)C[C@](C)(N)COc1cnc(-c2ccncc2)cc1Cl. The number of nitrogens with two attached hydrogens (primary N) is 1. The van der Waals surface area contributed by atoms with Crippen LogP contribution in [0.25, 0.3) is 22.5 Å². The van der Waals surface area contributed by atoms with Crippen LogP contribution >= 0.6 is 23.2 Å². The van der Waals surface area contributed by atoms with Crippen molar-refractivity contribution in [1.29, 1.82) is 0 Å². The van der Waals surface area contributed by atoms with E-state index in [1.54, 1.807) is 49.3 Å². The number of hydrogen-bond acceptors (Lipinski definition) is 9. The molecule has 0 aromatic carbocycles. The summed E-state index contributed by atoms with van der Waals surface area (Å²) in [5.74, 6) is 1.88. The van der Waals surface area contributed by atoms with Crippen LogP contribution in [0, 0.1) is 11.8 Å². The number of alkyl carbamates (subject to hydrolysis) is 1. The number of pyridine rings is 4. The molecular weight excluding hydrogens is 687 g/mol. The van der Waals surface area contributed by atoms with Gasteiger partial charge in [0.25, 0.3) is 0 Å². The van der Waals surface area contributed by atoms with E-state index >= 15 is 0 Å². The smallest absolute Gasteiger partial charge is 0.408 e. The Kier molecular flexibility index (Phi) is 15.0. The number of carbonyl (C=O) groups excluding carboxylic acids is 1. The number of ether oxygens (including phenoxy) is 3. The lowest BCUT2D eigenvalue weighted by Crippen LogP contribution is -2.52. The zero-order valence-corrected chi connectivity index (χ0v) is 32.7. The Balaban J connectivity index is 0.000000286. The van der Waals surface area contributed by atoms with E-state index in [4.69, 9.17) is 43.1 Å². The highest BCUT2D eigenvalue weighted by Gasteiger charge is 2.31. The van der Waals surface area contributed by atoms with Crippen LogP contribution in [0.5, 0.6) is 11.5 Å². The molecule has 0 unspecified atom stereocenters. The van der Waals surface area contributed by atoms with Gasteiger partial charge in [-0.1, -0.05) is 50.9 Å². The van der Waals surface area contributed by atoms with Gasteiger partial charge in [-0.2, -0.15) is 0 Å². The Morgan fingerprint density at radius 1 is 0.745 bits per heavy atom. The van der Waals surface area contributed by atoms with Crippen LogP contribution in [0.3, 0.4) is 0 Å². The third kappa shape index (κ3) is 14.6. The monoisotopic (exact) mass is 738 g/mol. The van der Waals surface area contributed by atoms with Crippen molar-refractivity contribution in [3.8, 4) is 34.0 Å².